The molecule has 3 rings (SSSR count). The van der Waals surface area contributed by atoms with E-state index in [4.69, 9.17) is 4.74 Å². The van der Waals surface area contributed by atoms with Crippen molar-refractivity contribution in [3.63, 3.8) is 0 Å². The van der Waals surface area contributed by atoms with Gasteiger partial charge in [0.1, 0.15) is 0 Å². The van der Waals surface area contributed by atoms with Gasteiger partial charge in [-0.05, 0) is 31.4 Å². The Labute approximate surface area is 151 Å². The van der Waals surface area contributed by atoms with E-state index in [0.29, 0.717) is 12.5 Å². The molecule has 5 heteroatoms. The molecule has 5 nitrogen and oxygen atoms in total. The number of piperidine rings is 1. The standard InChI is InChI=1S/C20H31N3O2/c24-20(9-12-22-13-15-25-16-14-22)21-19-7-4-10-23(17-19)11-8-18-5-2-1-3-6-18/h1-3,5-6,19H,4,7-17H2,(H,21,24). The first kappa shape index (κ1) is 18.4. The van der Waals surface area contributed by atoms with Crippen molar-refractivity contribution in [3.05, 3.63) is 35.9 Å². The number of carbonyl (C=O) groups is 1. The summed E-state index contributed by atoms with van der Waals surface area (Å²) in [5, 5.41) is 3.25. The molecule has 0 aliphatic carbocycles. The van der Waals surface area contributed by atoms with Crippen molar-refractivity contribution in [2.24, 2.45) is 0 Å². The Bertz CT molecular complexity index is 517. The summed E-state index contributed by atoms with van der Waals surface area (Å²) in [5.41, 5.74) is 1.39. The number of likely N-dealkylation sites (tertiary alicyclic amines) is 1. The zero-order valence-electron chi connectivity index (χ0n) is 15.2. The van der Waals surface area contributed by atoms with Crippen LogP contribution in [0.4, 0.5) is 0 Å². The van der Waals surface area contributed by atoms with E-state index >= 15 is 0 Å². The summed E-state index contributed by atoms with van der Waals surface area (Å²) in [6, 6.07) is 10.9. The minimum absolute atomic E-state index is 0.196. The van der Waals surface area contributed by atoms with Crippen LogP contribution in [-0.2, 0) is 16.0 Å². The summed E-state index contributed by atoms with van der Waals surface area (Å²) < 4.78 is 5.35. The molecule has 1 aromatic rings. The molecule has 1 unspecified atom stereocenters. The van der Waals surface area contributed by atoms with E-state index in [9.17, 15) is 4.79 Å². The average Bonchev–Trinajstić information content (AvgIpc) is 2.67. The highest BCUT2D eigenvalue weighted by Crippen LogP contribution is 2.12. The van der Waals surface area contributed by atoms with Crippen LogP contribution in [0, 0.1) is 0 Å². The topological polar surface area (TPSA) is 44.8 Å². The smallest absolute Gasteiger partial charge is 0.221 e. The van der Waals surface area contributed by atoms with E-state index in [0.717, 1.165) is 65.3 Å². The van der Waals surface area contributed by atoms with Crippen LogP contribution < -0.4 is 5.32 Å². The second-order valence-electron chi connectivity index (χ2n) is 7.15. The van der Waals surface area contributed by atoms with Gasteiger partial charge in [-0.15, -0.1) is 0 Å². The predicted octanol–water partition coefficient (Wildman–Crippen LogP) is 1.53. The Morgan fingerprint density at radius 1 is 1.08 bits per heavy atom. The van der Waals surface area contributed by atoms with Crippen LogP contribution in [0.3, 0.4) is 0 Å². The molecule has 138 valence electrons. The van der Waals surface area contributed by atoms with E-state index in [-0.39, 0.29) is 5.91 Å². The molecule has 25 heavy (non-hydrogen) atoms. The molecule has 2 fully saturated rings. The largest absolute Gasteiger partial charge is 0.379 e. The van der Waals surface area contributed by atoms with Gasteiger partial charge in [0.05, 0.1) is 13.2 Å². The molecule has 1 atom stereocenters. The number of benzene rings is 1. The zero-order valence-corrected chi connectivity index (χ0v) is 15.2. The maximum Gasteiger partial charge on any atom is 0.221 e. The van der Waals surface area contributed by atoms with Crippen molar-refractivity contribution in [1.82, 2.24) is 15.1 Å². The molecule has 2 saturated heterocycles. The number of hydrogen-bond donors (Lipinski definition) is 1. The highest BCUT2D eigenvalue weighted by atomic mass is 16.5. The highest BCUT2D eigenvalue weighted by molar-refractivity contribution is 5.76. The minimum Gasteiger partial charge on any atom is -0.379 e. The van der Waals surface area contributed by atoms with Gasteiger partial charge in [-0.25, -0.2) is 0 Å². The number of nitrogens with one attached hydrogen (secondary N) is 1. The maximum atomic E-state index is 12.3. The molecular weight excluding hydrogens is 314 g/mol. The summed E-state index contributed by atoms with van der Waals surface area (Å²) in [7, 11) is 0. The van der Waals surface area contributed by atoms with Crippen LogP contribution in [0.5, 0.6) is 0 Å². The van der Waals surface area contributed by atoms with E-state index in [1.54, 1.807) is 0 Å². The lowest BCUT2D eigenvalue weighted by atomic mass is 10.0. The molecule has 1 aromatic carbocycles. The van der Waals surface area contributed by atoms with Crippen LogP contribution in [0.25, 0.3) is 0 Å². The minimum atomic E-state index is 0.196. The lowest BCUT2D eigenvalue weighted by Crippen LogP contribution is -2.48. The quantitative estimate of drug-likeness (QED) is 0.814. The lowest BCUT2D eigenvalue weighted by molar-refractivity contribution is -0.122. The highest BCUT2D eigenvalue weighted by Gasteiger charge is 2.21. The third kappa shape index (κ3) is 6.42. The molecule has 2 aliphatic heterocycles. The van der Waals surface area contributed by atoms with E-state index in [2.05, 4.69) is 45.4 Å². The van der Waals surface area contributed by atoms with Gasteiger partial charge in [-0.3, -0.25) is 9.69 Å². The molecule has 0 saturated carbocycles. The average molecular weight is 345 g/mol. The van der Waals surface area contributed by atoms with Gasteiger partial charge in [-0.1, -0.05) is 30.3 Å². The van der Waals surface area contributed by atoms with Crippen molar-refractivity contribution < 1.29 is 9.53 Å². The predicted molar refractivity (Wildman–Crippen MR) is 99.6 cm³/mol. The third-order valence-corrected chi connectivity index (χ3v) is 5.19. The van der Waals surface area contributed by atoms with Gasteiger partial charge in [-0.2, -0.15) is 0 Å². The molecule has 1 N–H and O–H groups in total. The van der Waals surface area contributed by atoms with E-state index < -0.39 is 0 Å². The van der Waals surface area contributed by atoms with Gasteiger partial charge in [0.2, 0.25) is 5.91 Å². The Morgan fingerprint density at radius 2 is 1.88 bits per heavy atom. The summed E-state index contributed by atoms with van der Waals surface area (Å²) in [4.78, 5) is 17.1. The van der Waals surface area contributed by atoms with Crippen LogP contribution in [0.15, 0.2) is 30.3 Å². The summed E-state index contributed by atoms with van der Waals surface area (Å²) >= 11 is 0. The first-order valence-corrected chi connectivity index (χ1v) is 9.65. The number of rotatable bonds is 7. The molecule has 0 spiro atoms. The Kier molecular flexibility index (Phi) is 7.27. The lowest BCUT2D eigenvalue weighted by Gasteiger charge is -2.33. The van der Waals surface area contributed by atoms with Crippen LogP contribution >= 0.6 is 0 Å². The van der Waals surface area contributed by atoms with Crippen molar-refractivity contribution in [1.29, 1.82) is 0 Å². The molecule has 2 heterocycles. The fourth-order valence-electron chi connectivity index (χ4n) is 3.69. The SMILES string of the molecule is O=C(CCN1CCOCC1)NC1CCCN(CCc2ccccc2)C1. The number of morpholine rings is 1. The molecule has 0 aromatic heterocycles. The second-order valence-corrected chi connectivity index (χ2v) is 7.15. The molecular formula is C20H31N3O2. The number of carbonyl (C=O) groups excluding carboxylic acids is 1. The molecule has 2 aliphatic rings. The first-order valence-electron chi connectivity index (χ1n) is 9.65. The molecule has 1 amide bonds. The van der Waals surface area contributed by atoms with Crippen LogP contribution in [-0.4, -0.2) is 74.2 Å². The van der Waals surface area contributed by atoms with Gasteiger partial charge in [0.25, 0.3) is 0 Å². The van der Waals surface area contributed by atoms with Gasteiger partial charge in [0.15, 0.2) is 0 Å². The molecule has 0 radical (unpaired) electrons. The number of hydrogen-bond acceptors (Lipinski definition) is 4. The zero-order chi connectivity index (χ0) is 17.3. The normalized spacial score (nSPS) is 22.6. The van der Waals surface area contributed by atoms with Crippen molar-refractivity contribution >= 4 is 5.91 Å². The van der Waals surface area contributed by atoms with Gasteiger partial charge >= 0.3 is 0 Å². The summed E-state index contributed by atoms with van der Waals surface area (Å²) in [6.07, 6.45) is 3.95. The Hall–Kier alpha value is -1.43. The number of nitrogens with zero attached hydrogens (tertiary/aromatic N) is 2. The van der Waals surface area contributed by atoms with Crippen LogP contribution in [0.2, 0.25) is 0 Å². The van der Waals surface area contributed by atoms with E-state index in [1.807, 2.05) is 0 Å². The molecule has 0 bridgehead atoms. The first-order chi connectivity index (χ1) is 12.3. The van der Waals surface area contributed by atoms with Crippen molar-refractivity contribution in [3.8, 4) is 0 Å². The fourth-order valence-corrected chi connectivity index (χ4v) is 3.69. The number of ether oxygens (including phenoxy) is 1. The monoisotopic (exact) mass is 345 g/mol. The summed E-state index contributed by atoms with van der Waals surface area (Å²) in [6.45, 7) is 7.53. The van der Waals surface area contributed by atoms with Gasteiger partial charge < -0.3 is 15.0 Å². The third-order valence-electron chi connectivity index (χ3n) is 5.19. The maximum absolute atomic E-state index is 12.3. The van der Waals surface area contributed by atoms with Crippen LogP contribution in [0.1, 0.15) is 24.8 Å². The summed E-state index contributed by atoms with van der Waals surface area (Å²) in [5.74, 6) is 0.196. The van der Waals surface area contributed by atoms with Crippen molar-refractivity contribution in [2.45, 2.75) is 31.7 Å². The Morgan fingerprint density at radius 3 is 2.68 bits per heavy atom. The fraction of sp³-hybridized carbons (Fsp3) is 0.650. The van der Waals surface area contributed by atoms with Gasteiger partial charge in [0, 0.05) is 45.2 Å². The second kappa shape index (κ2) is 9.90. The van der Waals surface area contributed by atoms with Crippen molar-refractivity contribution in [2.75, 3.05) is 52.5 Å². The number of amides is 1. The van der Waals surface area contributed by atoms with E-state index in [1.165, 1.54) is 12.0 Å². The Balaban J connectivity index is 1.35.